The molecular formula is C26H56N+. The van der Waals surface area contributed by atoms with Crippen LogP contribution in [0.25, 0.3) is 0 Å². The average molecular weight is 383 g/mol. The fourth-order valence-corrected chi connectivity index (χ4v) is 4.48. The van der Waals surface area contributed by atoms with Crippen LogP contribution >= 0.6 is 0 Å². The van der Waals surface area contributed by atoms with Gasteiger partial charge in [-0.1, -0.05) is 104 Å². The predicted molar refractivity (Wildman–Crippen MR) is 126 cm³/mol. The van der Waals surface area contributed by atoms with Gasteiger partial charge >= 0.3 is 0 Å². The maximum absolute atomic E-state index is 2.42. The maximum Gasteiger partial charge on any atom is 0.0786 e. The summed E-state index contributed by atoms with van der Waals surface area (Å²) in [6, 6.07) is 0. The Morgan fingerprint density at radius 1 is 0.333 bits per heavy atom. The van der Waals surface area contributed by atoms with E-state index in [9.17, 15) is 0 Å². The molecule has 0 aliphatic carbocycles. The van der Waals surface area contributed by atoms with Crippen LogP contribution in [0.15, 0.2) is 0 Å². The molecule has 0 saturated heterocycles. The second-order valence-electron chi connectivity index (χ2n) is 9.08. The van der Waals surface area contributed by atoms with Gasteiger partial charge in [-0.15, -0.1) is 0 Å². The first-order valence-corrected chi connectivity index (χ1v) is 13.1. The number of nitrogens with zero attached hydrogens (tertiary/aromatic N) is 1. The van der Waals surface area contributed by atoms with E-state index < -0.39 is 0 Å². The third-order valence-electron chi connectivity index (χ3n) is 6.81. The van der Waals surface area contributed by atoms with Crippen molar-refractivity contribution in [2.45, 2.75) is 143 Å². The van der Waals surface area contributed by atoms with Gasteiger partial charge in [0, 0.05) is 0 Å². The minimum Gasteiger partial charge on any atom is -0.324 e. The van der Waals surface area contributed by atoms with Crippen LogP contribution in [0.4, 0.5) is 0 Å². The van der Waals surface area contributed by atoms with Crippen LogP contribution in [0.5, 0.6) is 0 Å². The largest absolute Gasteiger partial charge is 0.324 e. The highest BCUT2D eigenvalue weighted by molar-refractivity contribution is 4.51. The van der Waals surface area contributed by atoms with Crippen molar-refractivity contribution in [1.29, 1.82) is 0 Å². The van der Waals surface area contributed by atoms with Crippen molar-refractivity contribution in [3.05, 3.63) is 0 Å². The van der Waals surface area contributed by atoms with Crippen molar-refractivity contribution in [3.8, 4) is 0 Å². The summed E-state index contributed by atoms with van der Waals surface area (Å²) in [4.78, 5) is 0. The van der Waals surface area contributed by atoms with Crippen molar-refractivity contribution in [1.82, 2.24) is 0 Å². The molecule has 164 valence electrons. The Balaban J connectivity index is 3.67. The predicted octanol–water partition coefficient (Wildman–Crippen LogP) is 8.90. The van der Waals surface area contributed by atoms with E-state index in [4.69, 9.17) is 0 Å². The zero-order chi connectivity index (χ0) is 20.1. The van der Waals surface area contributed by atoms with Crippen LogP contribution in [0, 0.1) is 0 Å². The first-order valence-electron chi connectivity index (χ1n) is 13.1. The summed E-state index contributed by atoms with van der Waals surface area (Å²) in [6.07, 6.45) is 26.1. The highest BCUT2D eigenvalue weighted by Gasteiger charge is 2.21. The number of hydrogen-bond acceptors (Lipinski definition) is 0. The smallest absolute Gasteiger partial charge is 0.0786 e. The van der Waals surface area contributed by atoms with Gasteiger partial charge in [-0.25, -0.2) is 0 Å². The topological polar surface area (TPSA) is 0 Å². The third-order valence-corrected chi connectivity index (χ3v) is 6.81. The molecule has 0 spiro atoms. The summed E-state index contributed by atoms with van der Waals surface area (Å²) < 4.78 is 1.38. The molecule has 0 fully saturated rings. The van der Waals surface area contributed by atoms with Gasteiger partial charge in [-0.05, 0) is 39.5 Å². The Kier molecular flexibility index (Phi) is 20.7. The zero-order valence-electron chi connectivity index (χ0n) is 20.0. The van der Waals surface area contributed by atoms with Gasteiger partial charge in [0.1, 0.15) is 0 Å². The Bertz CT molecular complexity index is 245. The molecule has 0 rings (SSSR count). The average Bonchev–Trinajstić information content (AvgIpc) is 2.70. The van der Waals surface area contributed by atoms with Crippen molar-refractivity contribution >= 4 is 0 Å². The molecule has 0 radical (unpaired) electrons. The molecule has 0 atom stereocenters. The third kappa shape index (κ3) is 16.6. The first kappa shape index (κ1) is 27.0. The molecule has 0 bridgehead atoms. The zero-order valence-corrected chi connectivity index (χ0v) is 20.0. The molecule has 0 N–H and O–H groups in total. The highest BCUT2D eigenvalue weighted by Crippen LogP contribution is 2.16. The van der Waals surface area contributed by atoms with Crippen molar-refractivity contribution < 1.29 is 4.48 Å². The minimum atomic E-state index is 1.34. The molecule has 0 unspecified atom stereocenters. The molecule has 0 aromatic carbocycles. The Labute approximate surface area is 174 Å². The fourth-order valence-electron chi connectivity index (χ4n) is 4.48. The number of hydrogen-bond donors (Lipinski definition) is 0. The molecule has 0 saturated carbocycles. The molecule has 1 heteroatoms. The van der Waals surface area contributed by atoms with E-state index in [1.165, 1.54) is 146 Å². The second kappa shape index (κ2) is 20.7. The van der Waals surface area contributed by atoms with Gasteiger partial charge < -0.3 is 4.48 Å². The molecule has 0 aliphatic heterocycles. The van der Waals surface area contributed by atoms with E-state index in [0.29, 0.717) is 0 Å². The molecule has 0 aromatic rings. The SMILES string of the molecule is CCCCCCCCCCC[N+](CC)(CC)CCCCCCCCCCC. The van der Waals surface area contributed by atoms with Crippen molar-refractivity contribution in [2.24, 2.45) is 0 Å². The number of rotatable bonds is 22. The van der Waals surface area contributed by atoms with E-state index in [2.05, 4.69) is 27.7 Å². The summed E-state index contributed by atoms with van der Waals surface area (Å²) in [7, 11) is 0. The van der Waals surface area contributed by atoms with E-state index in [-0.39, 0.29) is 0 Å². The Morgan fingerprint density at radius 2 is 0.593 bits per heavy atom. The van der Waals surface area contributed by atoms with Crippen molar-refractivity contribution in [2.75, 3.05) is 26.2 Å². The fraction of sp³-hybridized carbons (Fsp3) is 1.00. The minimum absolute atomic E-state index is 1.34. The second-order valence-corrected chi connectivity index (χ2v) is 9.08. The van der Waals surface area contributed by atoms with E-state index >= 15 is 0 Å². The van der Waals surface area contributed by atoms with Gasteiger partial charge in [-0.3, -0.25) is 0 Å². The lowest BCUT2D eigenvalue weighted by molar-refractivity contribution is -0.925. The Hall–Kier alpha value is -0.0400. The quantitative estimate of drug-likeness (QED) is 0.129. The molecule has 0 aliphatic rings. The van der Waals surface area contributed by atoms with Crippen LogP contribution in [0.3, 0.4) is 0 Å². The van der Waals surface area contributed by atoms with Crippen LogP contribution < -0.4 is 0 Å². The summed E-state index contributed by atoms with van der Waals surface area (Å²) >= 11 is 0. The molecule has 1 nitrogen and oxygen atoms in total. The summed E-state index contributed by atoms with van der Waals surface area (Å²) in [5.41, 5.74) is 0. The first-order chi connectivity index (χ1) is 13.2. The summed E-state index contributed by atoms with van der Waals surface area (Å²) in [6.45, 7) is 15.0. The van der Waals surface area contributed by atoms with Crippen LogP contribution in [0.1, 0.15) is 143 Å². The van der Waals surface area contributed by atoms with E-state index in [0.717, 1.165) is 0 Å². The highest BCUT2D eigenvalue weighted by atomic mass is 15.3. The lowest BCUT2D eigenvalue weighted by Gasteiger charge is -2.37. The van der Waals surface area contributed by atoms with Gasteiger partial charge in [0.05, 0.1) is 26.2 Å². The van der Waals surface area contributed by atoms with Gasteiger partial charge in [0.25, 0.3) is 0 Å². The van der Waals surface area contributed by atoms with Crippen molar-refractivity contribution in [3.63, 3.8) is 0 Å². The molecule has 0 amide bonds. The van der Waals surface area contributed by atoms with E-state index in [1.807, 2.05) is 0 Å². The molecule has 0 aromatic heterocycles. The monoisotopic (exact) mass is 382 g/mol. The normalized spacial score (nSPS) is 12.0. The molecular weight excluding hydrogens is 326 g/mol. The van der Waals surface area contributed by atoms with E-state index in [1.54, 1.807) is 0 Å². The van der Waals surface area contributed by atoms with Crippen LogP contribution in [-0.4, -0.2) is 30.7 Å². The number of unbranched alkanes of at least 4 members (excludes halogenated alkanes) is 16. The lowest BCUT2D eigenvalue weighted by atomic mass is 10.1. The van der Waals surface area contributed by atoms with Crippen LogP contribution in [-0.2, 0) is 0 Å². The Morgan fingerprint density at radius 3 is 0.852 bits per heavy atom. The summed E-state index contributed by atoms with van der Waals surface area (Å²) in [5.74, 6) is 0. The van der Waals surface area contributed by atoms with Crippen LogP contribution in [0.2, 0.25) is 0 Å². The molecule has 0 heterocycles. The standard InChI is InChI=1S/C26H56N/c1-5-9-11-13-15-17-19-21-23-25-27(7-3,8-4)26-24-22-20-18-16-14-12-10-6-2/h5-26H2,1-4H3/q+1. The summed E-state index contributed by atoms with van der Waals surface area (Å²) in [5, 5.41) is 0. The maximum atomic E-state index is 2.42. The van der Waals surface area contributed by atoms with Gasteiger partial charge in [0.2, 0.25) is 0 Å². The van der Waals surface area contributed by atoms with Gasteiger partial charge in [-0.2, -0.15) is 0 Å². The van der Waals surface area contributed by atoms with Gasteiger partial charge in [0.15, 0.2) is 0 Å². The number of quaternary nitrogens is 1. The lowest BCUT2D eigenvalue weighted by Crippen LogP contribution is -2.49. The molecule has 27 heavy (non-hydrogen) atoms.